The summed E-state index contributed by atoms with van der Waals surface area (Å²) in [6.45, 7) is 0. The van der Waals surface area contributed by atoms with E-state index in [1.807, 2.05) is 4.72 Å². The number of hydrogen-bond acceptors (Lipinski definition) is 5. The fourth-order valence-corrected chi connectivity index (χ4v) is 4.00. The number of carbonyl (C=O) groups is 1. The Labute approximate surface area is 147 Å². The maximum atomic E-state index is 12.3. The molecule has 0 aliphatic carbocycles. The Kier molecular flexibility index (Phi) is 5.36. The molecule has 1 aromatic heterocycles. The van der Waals surface area contributed by atoms with Gasteiger partial charge < -0.3 is 4.74 Å². The van der Waals surface area contributed by atoms with Crippen LogP contribution in [0.2, 0.25) is 15.2 Å². The zero-order chi connectivity index (χ0) is 17.2. The minimum atomic E-state index is -4.28. The van der Waals surface area contributed by atoms with E-state index < -0.39 is 20.8 Å². The van der Waals surface area contributed by atoms with Crippen LogP contribution in [0.25, 0.3) is 0 Å². The molecular weight excluding hydrogens is 387 g/mol. The molecule has 2 rings (SSSR count). The number of nitrogens with zero attached hydrogens (tertiary/aromatic N) is 1. The van der Waals surface area contributed by atoms with Crippen molar-refractivity contribution >= 4 is 50.7 Å². The number of halogens is 3. The van der Waals surface area contributed by atoms with Gasteiger partial charge in [-0.2, -0.15) is 0 Å². The number of sulfonamides is 1. The molecule has 1 amide bonds. The van der Waals surface area contributed by atoms with Crippen LogP contribution in [0.1, 0.15) is 10.5 Å². The smallest absolute Gasteiger partial charge is 0.283 e. The maximum Gasteiger partial charge on any atom is 0.283 e. The summed E-state index contributed by atoms with van der Waals surface area (Å²) in [5.41, 5.74) is -0.206. The van der Waals surface area contributed by atoms with Crippen molar-refractivity contribution in [2.45, 2.75) is 4.90 Å². The molecule has 0 saturated heterocycles. The lowest BCUT2D eigenvalue weighted by molar-refractivity contribution is 0.0976. The highest BCUT2D eigenvalue weighted by Gasteiger charge is 2.25. The SMILES string of the molecule is COc1ccc(C(=O)NS(=O)(=O)c2c(Cl)cccc2Cl)nc1Cl. The first-order valence-corrected chi connectivity index (χ1v) is 8.59. The number of ether oxygens (including phenoxy) is 1. The third-order valence-electron chi connectivity index (χ3n) is 2.68. The fraction of sp³-hybridized carbons (Fsp3) is 0.0769. The van der Waals surface area contributed by atoms with Crippen molar-refractivity contribution in [3.8, 4) is 5.75 Å². The molecule has 0 saturated carbocycles. The first kappa shape index (κ1) is 17.8. The summed E-state index contributed by atoms with van der Waals surface area (Å²) in [5.74, 6) is -0.731. The van der Waals surface area contributed by atoms with Gasteiger partial charge in [0.05, 0.1) is 17.2 Å². The minimum Gasteiger partial charge on any atom is -0.494 e. The number of rotatable bonds is 4. The summed E-state index contributed by atoms with van der Waals surface area (Å²) in [6.07, 6.45) is 0. The van der Waals surface area contributed by atoms with Crippen LogP contribution < -0.4 is 9.46 Å². The fourth-order valence-electron chi connectivity index (χ4n) is 1.66. The number of aromatic nitrogens is 1. The molecule has 23 heavy (non-hydrogen) atoms. The van der Waals surface area contributed by atoms with Gasteiger partial charge >= 0.3 is 0 Å². The largest absolute Gasteiger partial charge is 0.494 e. The van der Waals surface area contributed by atoms with Crippen LogP contribution in [-0.2, 0) is 10.0 Å². The van der Waals surface area contributed by atoms with Gasteiger partial charge in [0.2, 0.25) is 0 Å². The van der Waals surface area contributed by atoms with Gasteiger partial charge in [-0.3, -0.25) is 4.79 Å². The van der Waals surface area contributed by atoms with Crippen LogP contribution in [0.3, 0.4) is 0 Å². The molecule has 6 nitrogen and oxygen atoms in total. The highest BCUT2D eigenvalue weighted by Crippen LogP contribution is 2.29. The molecule has 0 aliphatic rings. The summed E-state index contributed by atoms with van der Waals surface area (Å²) >= 11 is 17.5. The molecule has 2 aromatic rings. The zero-order valence-corrected chi connectivity index (χ0v) is 14.6. The van der Waals surface area contributed by atoms with Gasteiger partial charge in [0.1, 0.15) is 10.6 Å². The summed E-state index contributed by atoms with van der Waals surface area (Å²) in [5, 5.41) is -0.301. The number of pyridine rings is 1. The highest BCUT2D eigenvalue weighted by molar-refractivity contribution is 7.90. The predicted molar refractivity (Wildman–Crippen MR) is 86.9 cm³/mol. The number of carbonyl (C=O) groups excluding carboxylic acids is 1. The van der Waals surface area contributed by atoms with Gasteiger partial charge in [0.15, 0.2) is 10.9 Å². The van der Waals surface area contributed by atoms with Crippen molar-refractivity contribution in [3.05, 3.63) is 51.2 Å². The van der Waals surface area contributed by atoms with Crippen molar-refractivity contribution < 1.29 is 17.9 Å². The van der Waals surface area contributed by atoms with Gasteiger partial charge in [0, 0.05) is 0 Å². The summed E-state index contributed by atoms with van der Waals surface area (Å²) in [6, 6.07) is 6.82. The van der Waals surface area contributed by atoms with Crippen LogP contribution in [0, 0.1) is 0 Å². The monoisotopic (exact) mass is 394 g/mol. The molecule has 0 atom stereocenters. The Morgan fingerprint density at radius 2 is 1.74 bits per heavy atom. The zero-order valence-electron chi connectivity index (χ0n) is 11.5. The minimum absolute atomic E-state index is 0.0756. The number of benzene rings is 1. The molecule has 0 bridgehead atoms. The number of hydrogen-bond donors (Lipinski definition) is 1. The second-order valence-electron chi connectivity index (χ2n) is 4.17. The van der Waals surface area contributed by atoms with Crippen molar-refractivity contribution in [1.29, 1.82) is 0 Å². The van der Waals surface area contributed by atoms with Gasteiger partial charge in [-0.25, -0.2) is 18.1 Å². The Hall–Kier alpha value is -1.54. The average Bonchev–Trinajstić information content (AvgIpc) is 2.46. The number of amides is 1. The second kappa shape index (κ2) is 6.92. The van der Waals surface area contributed by atoms with Gasteiger partial charge in [0.25, 0.3) is 15.9 Å². The Balaban J connectivity index is 2.34. The van der Waals surface area contributed by atoms with E-state index in [2.05, 4.69) is 4.98 Å². The molecule has 0 spiro atoms. The topological polar surface area (TPSA) is 85.4 Å². The third kappa shape index (κ3) is 3.87. The average molecular weight is 396 g/mol. The van der Waals surface area contributed by atoms with Crippen molar-refractivity contribution in [3.63, 3.8) is 0 Å². The Bertz CT molecular complexity index is 851. The standard InChI is InChI=1S/C13H9Cl3N2O4S/c1-22-10-6-5-9(17-12(10)16)13(19)18-23(20,21)11-7(14)3-2-4-8(11)15/h2-6H,1H3,(H,18,19). The summed E-state index contributed by atoms with van der Waals surface area (Å²) < 4.78 is 31.3. The van der Waals surface area contributed by atoms with Gasteiger partial charge in [-0.15, -0.1) is 0 Å². The summed E-state index contributed by atoms with van der Waals surface area (Å²) in [4.78, 5) is 15.4. The molecule has 1 aromatic carbocycles. The van der Waals surface area contributed by atoms with Gasteiger partial charge in [-0.1, -0.05) is 40.9 Å². The van der Waals surface area contributed by atoms with Crippen LogP contribution in [-0.4, -0.2) is 26.4 Å². The quantitative estimate of drug-likeness (QED) is 0.804. The summed E-state index contributed by atoms with van der Waals surface area (Å²) in [7, 11) is -2.89. The molecule has 10 heteroatoms. The lowest BCUT2D eigenvalue weighted by atomic mass is 10.3. The van der Waals surface area contributed by atoms with E-state index in [1.54, 1.807) is 0 Å². The molecule has 122 valence electrons. The first-order chi connectivity index (χ1) is 10.8. The van der Waals surface area contributed by atoms with Crippen LogP contribution in [0.5, 0.6) is 5.75 Å². The number of methoxy groups -OCH3 is 1. The van der Waals surface area contributed by atoms with Gasteiger partial charge in [-0.05, 0) is 24.3 Å². The first-order valence-electron chi connectivity index (χ1n) is 5.98. The van der Waals surface area contributed by atoms with Crippen molar-refractivity contribution in [2.24, 2.45) is 0 Å². The van der Waals surface area contributed by atoms with Crippen molar-refractivity contribution in [2.75, 3.05) is 7.11 Å². The Morgan fingerprint density at radius 3 is 2.26 bits per heavy atom. The highest BCUT2D eigenvalue weighted by atomic mass is 35.5. The molecular formula is C13H9Cl3N2O4S. The predicted octanol–water partition coefficient (Wildman–Crippen LogP) is 3.17. The van der Waals surface area contributed by atoms with E-state index in [-0.39, 0.29) is 26.6 Å². The van der Waals surface area contributed by atoms with E-state index in [1.165, 1.54) is 37.4 Å². The normalized spacial score (nSPS) is 11.1. The molecule has 0 fully saturated rings. The van der Waals surface area contributed by atoms with E-state index >= 15 is 0 Å². The van der Waals surface area contributed by atoms with Crippen LogP contribution in [0.15, 0.2) is 35.2 Å². The van der Waals surface area contributed by atoms with Crippen LogP contribution >= 0.6 is 34.8 Å². The van der Waals surface area contributed by atoms with E-state index in [4.69, 9.17) is 39.5 Å². The van der Waals surface area contributed by atoms with E-state index in [0.29, 0.717) is 0 Å². The third-order valence-corrected chi connectivity index (χ3v) is 5.24. The Morgan fingerprint density at radius 1 is 1.13 bits per heavy atom. The molecule has 1 heterocycles. The molecule has 0 radical (unpaired) electrons. The van der Waals surface area contributed by atoms with E-state index in [0.717, 1.165) is 0 Å². The second-order valence-corrected chi connectivity index (χ2v) is 6.97. The maximum absolute atomic E-state index is 12.3. The van der Waals surface area contributed by atoms with Crippen molar-refractivity contribution in [1.82, 2.24) is 9.71 Å². The molecule has 0 unspecified atom stereocenters. The number of nitrogens with one attached hydrogen (secondary N) is 1. The van der Waals surface area contributed by atoms with Crippen LogP contribution in [0.4, 0.5) is 0 Å². The molecule has 1 N–H and O–H groups in total. The molecule has 0 aliphatic heterocycles. The lowest BCUT2D eigenvalue weighted by Crippen LogP contribution is -2.31. The van der Waals surface area contributed by atoms with E-state index in [9.17, 15) is 13.2 Å². The lowest BCUT2D eigenvalue weighted by Gasteiger charge is -2.10.